The van der Waals surface area contributed by atoms with Gasteiger partial charge in [0, 0.05) is 54.3 Å². The largest absolute Gasteiger partial charge is 0.462 e. The average molecular weight is 521 g/mol. The van der Waals surface area contributed by atoms with E-state index in [0.29, 0.717) is 18.1 Å². The smallest absolute Gasteiger partial charge is 0.306 e. The summed E-state index contributed by atoms with van der Waals surface area (Å²) in [5.74, 6) is 1.05. The Balaban J connectivity index is 1.52. The van der Waals surface area contributed by atoms with E-state index in [1.165, 1.54) is 12.8 Å². The second-order valence-corrected chi connectivity index (χ2v) is 14.9. The van der Waals surface area contributed by atoms with E-state index in [9.17, 15) is 9.59 Å². The maximum atomic E-state index is 12.5. The molecule has 0 aromatic heterocycles. The number of ketones is 1. The van der Waals surface area contributed by atoms with E-state index in [1.54, 1.807) is 0 Å². The third kappa shape index (κ3) is 9.64. The molecule has 2 aliphatic rings. The summed E-state index contributed by atoms with van der Waals surface area (Å²) in [7, 11) is 4.41. The first-order chi connectivity index (χ1) is 17.0. The third-order valence-electron chi connectivity index (χ3n) is 9.88. The number of esters is 1. The van der Waals surface area contributed by atoms with Crippen LogP contribution in [0.4, 0.5) is 0 Å². The lowest BCUT2D eigenvalue weighted by Crippen LogP contribution is -2.60. The number of hydrogen-bond donors (Lipinski definition) is 0. The molecule has 2 heterocycles. The zero-order valence-electron chi connectivity index (χ0n) is 26.2. The Kier molecular flexibility index (Phi) is 11.3. The van der Waals surface area contributed by atoms with E-state index in [1.807, 2.05) is 0 Å². The van der Waals surface area contributed by atoms with Crippen LogP contribution in [0.3, 0.4) is 0 Å². The van der Waals surface area contributed by atoms with Gasteiger partial charge < -0.3 is 4.74 Å². The van der Waals surface area contributed by atoms with E-state index >= 15 is 0 Å². The maximum absolute atomic E-state index is 12.5. The van der Waals surface area contributed by atoms with E-state index < -0.39 is 0 Å². The number of ether oxygens (including phenoxy) is 1. The number of hydrogen-bond acceptors (Lipinski definition) is 5. The summed E-state index contributed by atoms with van der Waals surface area (Å²) >= 11 is 0. The SMILES string of the molecule is CN1C(C)(C)CC(CCC(=O)CCCCCCCCC(=O)OC2CC(C)(C)N(C)C(C)(C)C2)CC1(C)C. The minimum absolute atomic E-state index is 0.0173. The normalized spacial score (nSPS) is 24.2. The molecule has 0 spiro atoms. The third-order valence-corrected chi connectivity index (χ3v) is 9.88. The molecular weight excluding hydrogens is 460 g/mol. The molecule has 0 atom stereocenters. The lowest BCUT2D eigenvalue weighted by molar-refractivity contribution is -0.159. The molecule has 0 amide bonds. The molecule has 5 heteroatoms. The first-order valence-corrected chi connectivity index (χ1v) is 15.2. The number of carbonyl (C=O) groups excluding carboxylic acids is 2. The Morgan fingerprint density at radius 3 is 1.51 bits per heavy atom. The van der Waals surface area contributed by atoms with Crippen LogP contribution in [-0.4, -0.2) is 63.9 Å². The number of nitrogens with zero attached hydrogens (tertiary/aromatic N) is 2. The predicted octanol–water partition coefficient (Wildman–Crippen LogP) is 7.55. The van der Waals surface area contributed by atoms with Gasteiger partial charge in [-0.15, -0.1) is 0 Å². The second-order valence-electron chi connectivity index (χ2n) is 14.9. The van der Waals surface area contributed by atoms with Crippen LogP contribution in [0.25, 0.3) is 0 Å². The molecular formula is C32H60N2O3. The minimum Gasteiger partial charge on any atom is -0.462 e. The van der Waals surface area contributed by atoms with Gasteiger partial charge in [0.2, 0.25) is 0 Å². The lowest BCUT2D eigenvalue weighted by Gasteiger charge is -2.53. The van der Waals surface area contributed by atoms with Crippen LogP contribution in [-0.2, 0) is 14.3 Å². The Morgan fingerprint density at radius 1 is 0.622 bits per heavy atom. The van der Waals surface area contributed by atoms with Crippen LogP contribution in [0, 0.1) is 5.92 Å². The molecule has 2 fully saturated rings. The van der Waals surface area contributed by atoms with Crippen molar-refractivity contribution in [3.05, 3.63) is 0 Å². The molecule has 0 aromatic carbocycles. The maximum Gasteiger partial charge on any atom is 0.306 e. The highest BCUT2D eigenvalue weighted by Gasteiger charge is 2.44. The molecule has 0 saturated carbocycles. The summed E-state index contributed by atoms with van der Waals surface area (Å²) < 4.78 is 5.87. The average Bonchev–Trinajstić information content (AvgIpc) is 2.75. The molecule has 0 bridgehead atoms. The van der Waals surface area contributed by atoms with Crippen molar-refractivity contribution in [1.29, 1.82) is 0 Å². The number of likely N-dealkylation sites (tertiary alicyclic amines) is 2. The van der Waals surface area contributed by atoms with Gasteiger partial charge >= 0.3 is 5.97 Å². The molecule has 0 aromatic rings. The van der Waals surface area contributed by atoms with Gasteiger partial charge in [0.05, 0.1) is 0 Å². The highest BCUT2D eigenvalue weighted by Crippen LogP contribution is 2.42. The number of rotatable bonds is 13. The minimum atomic E-state index is -0.0388. The highest BCUT2D eigenvalue weighted by molar-refractivity contribution is 5.78. The zero-order chi connectivity index (χ0) is 28.1. The van der Waals surface area contributed by atoms with Gasteiger partial charge in [0.25, 0.3) is 0 Å². The van der Waals surface area contributed by atoms with Gasteiger partial charge in [-0.3, -0.25) is 19.4 Å². The summed E-state index contributed by atoms with van der Waals surface area (Å²) in [6.45, 7) is 18.3. The van der Waals surface area contributed by atoms with Gasteiger partial charge in [-0.25, -0.2) is 0 Å². The first kappa shape index (κ1) is 32.3. The van der Waals surface area contributed by atoms with Gasteiger partial charge in [-0.2, -0.15) is 0 Å². The van der Waals surface area contributed by atoms with E-state index in [4.69, 9.17) is 4.74 Å². The fraction of sp³-hybridized carbons (Fsp3) is 0.938. The Morgan fingerprint density at radius 2 is 1.03 bits per heavy atom. The van der Waals surface area contributed by atoms with Crippen molar-refractivity contribution in [2.45, 2.75) is 174 Å². The van der Waals surface area contributed by atoms with E-state index in [-0.39, 0.29) is 34.2 Å². The molecule has 0 unspecified atom stereocenters. The number of piperidine rings is 2. The number of Topliss-reactive ketones (excluding diaryl/α,β-unsaturated/α-hetero) is 1. The predicted molar refractivity (Wildman–Crippen MR) is 155 cm³/mol. The van der Waals surface area contributed by atoms with Gasteiger partial charge in [-0.1, -0.05) is 25.7 Å². The van der Waals surface area contributed by atoms with Gasteiger partial charge in [-0.05, 0) is 108 Å². The Hall–Kier alpha value is -0.940. The lowest BCUT2D eigenvalue weighted by atomic mass is 9.72. The van der Waals surface area contributed by atoms with Crippen molar-refractivity contribution in [1.82, 2.24) is 9.80 Å². The summed E-state index contributed by atoms with van der Waals surface area (Å²) in [6.07, 6.45) is 13.6. The molecule has 2 aliphatic heterocycles. The van der Waals surface area contributed by atoms with Crippen molar-refractivity contribution in [2.24, 2.45) is 5.92 Å². The van der Waals surface area contributed by atoms with Gasteiger partial charge in [0.15, 0.2) is 0 Å². The molecule has 5 nitrogen and oxygen atoms in total. The van der Waals surface area contributed by atoms with Crippen LogP contribution < -0.4 is 0 Å². The van der Waals surface area contributed by atoms with E-state index in [0.717, 1.165) is 70.6 Å². The molecule has 0 radical (unpaired) electrons. The fourth-order valence-corrected chi connectivity index (χ4v) is 7.18. The highest BCUT2D eigenvalue weighted by atomic mass is 16.5. The van der Waals surface area contributed by atoms with Crippen molar-refractivity contribution < 1.29 is 14.3 Å². The summed E-state index contributed by atoms with van der Waals surface area (Å²) in [4.78, 5) is 29.8. The van der Waals surface area contributed by atoms with Crippen molar-refractivity contribution in [3.8, 4) is 0 Å². The standard InChI is InChI=1S/C32H60N2O3/c1-29(2)21-25(22-30(3,4)33(29)9)19-20-26(35)17-15-13-11-12-14-16-18-28(36)37-27-23-31(5,6)34(10)32(7,8)24-27/h25,27H,11-24H2,1-10H3. The van der Waals surface area contributed by atoms with Crippen molar-refractivity contribution in [2.75, 3.05) is 14.1 Å². The van der Waals surface area contributed by atoms with Crippen molar-refractivity contribution in [3.63, 3.8) is 0 Å². The first-order valence-electron chi connectivity index (χ1n) is 15.2. The summed E-state index contributed by atoms with van der Waals surface area (Å²) in [6, 6.07) is 0. The molecule has 0 aliphatic carbocycles. The fourth-order valence-electron chi connectivity index (χ4n) is 7.18. The van der Waals surface area contributed by atoms with Crippen molar-refractivity contribution >= 4 is 11.8 Å². The Bertz CT molecular complexity index is 719. The molecule has 2 saturated heterocycles. The molecule has 0 N–H and O–H groups in total. The van der Waals surface area contributed by atoms with Crippen LogP contribution >= 0.6 is 0 Å². The topological polar surface area (TPSA) is 49.9 Å². The van der Waals surface area contributed by atoms with E-state index in [2.05, 4.69) is 79.3 Å². The number of unbranched alkanes of at least 4 members (excludes halogenated alkanes) is 5. The van der Waals surface area contributed by atoms with Crippen LogP contribution in [0.2, 0.25) is 0 Å². The molecule has 2 rings (SSSR count). The quantitative estimate of drug-likeness (QED) is 0.185. The zero-order valence-corrected chi connectivity index (χ0v) is 26.2. The monoisotopic (exact) mass is 520 g/mol. The Labute approximate surface area is 229 Å². The van der Waals surface area contributed by atoms with Gasteiger partial charge in [0.1, 0.15) is 11.9 Å². The number of carbonyl (C=O) groups is 2. The second kappa shape index (κ2) is 12.9. The molecule has 216 valence electrons. The van der Waals surface area contributed by atoms with Crippen LogP contribution in [0.1, 0.15) is 145 Å². The summed E-state index contributed by atoms with van der Waals surface area (Å²) in [5, 5.41) is 0. The molecule has 37 heavy (non-hydrogen) atoms. The summed E-state index contributed by atoms with van der Waals surface area (Å²) in [5.41, 5.74) is 0.476. The van der Waals surface area contributed by atoms with Crippen LogP contribution in [0.5, 0.6) is 0 Å². The van der Waals surface area contributed by atoms with Crippen LogP contribution in [0.15, 0.2) is 0 Å².